The van der Waals surface area contributed by atoms with Gasteiger partial charge in [0.1, 0.15) is 0 Å². The van der Waals surface area contributed by atoms with Gasteiger partial charge >= 0.3 is 0 Å². The van der Waals surface area contributed by atoms with Crippen molar-refractivity contribution in [2.45, 2.75) is 33.1 Å². The molecule has 2 N–H and O–H groups in total. The maximum Gasteiger partial charge on any atom is 0.224 e. The lowest BCUT2D eigenvalue weighted by molar-refractivity contribution is -0.126. The van der Waals surface area contributed by atoms with Crippen LogP contribution in [0.1, 0.15) is 33.1 Å². The van der Waals surface area contributed by atoms with Crippen LogP contribution < -0.4 is 10.6 Å². The van der Waals surface area contributed by atoms with Crippen molar-refractivity contribution in [3.8, 4) is 0 Å². The molecule has 18 heavy (non-hydrogen) atoms. The van der Waals surface area contributed by atoms with Gasteiger partial charge in [-0.15, -0.1) is 0 Å². The van der Waals surface area contributed by atoms with E-state index in [2.05, 4.69) is 24.5 Å². The minimum absolute atomic E-state index is 0.0738. The van der Waals surface area contributed by atoms with Crippen LogP contribution in [0.4, 0.5) is 0 Å². The second-order valence-electron chi connectivity index (χ2n) is 5.54. The summed E-state index contributed by atoms with van der Waals surface area (Å²) in [5.74, 6) is 1.36. The smallest absolute Gasteiger partial charge is 0.224 e. The van der Waals surface area contributed by atoms with E-state index in [0.29, 0.717) is 5.92 Å². The Labute approximate surface area is 111 Å². The number of carbonyl (C=O) groups excluding carboxylic acids is 1. The SMILES string of the molecule is CNCC(C(=O)NCCC1CCOCC1)C(C)C. The third-order valence-electron chi connectivity index (χ3n) is 3.76. The van der Waals surface area contributed by atoms with E-state index in [1.165, 1.54) is 0 Å². The lowest BCUT2D eigenvalue weighted by Gasteiger charge is -2.23. The van der Waals surface area contributed by atoms with Crippen LogP contribution >= 0.6 is 0 Å². The predicted molar refractivity (Wildman–Crippen MR) is 73.4 cm³/mol. The molecule has 1 saturated heterocycles. The van der Waals surface area contributed by atoms with E-state index >= 15 is 0 Å². The average molecular weight is 256 g/mol. The Bertz CT molecular complexity index is 238. The topological polar surface area (TPSA) is 50.4 Å². The van der Waals surface area contributed by atoms with E-state index < -0.39 is 0 Å². The van der Waals surface area contributed by atoms with Crippen molar-refractivity contribution in [3.63, 3.8) is 0 Å². The van der Waals surface area contributed by atoms with Crippen LogP contribution in [0.25, 0.3) is 0 Å². The third kappa shape index (κ3) is 5.36. The average Bonchev–Trinajstić information content (AvgIpc) is 2.36. The van der Waals surface area contributed by atoms with Crippen molar-refractivity contribution in [2.24, 2.45) is 17.8 Å². The van der Waals surface area contributed by atoms with Crippen molar-refractivity contribution in [2.75, 3.05) is 33.4 Å². The summed E-state index contributed by atoms with van der Waals surface area (Å²) in [4.78, 5) is 12.0. The summed E-state index contributed by atoms with van der Waals surface area (Å²) in [7, 11) is 1.89. The lowest BCUT2D eigenvalue weighted by atomic mass is 9.94. The molecule has 0 aromatic rings. The van der Waals surface area contributed by atoms with Gasteiger partial charge in [0.15, 0.2) is 0 Å². The van der Waals surface area contributed by atoms with E-state index in [1.807, 2.05) is 7.05 Å². The van der Waals surface area contributed by atoms with Gasteiger partial charge in [0.25, 0.3) is 0 Å². The summed E-state index contributed by atoms with van der Waals surface area (Å²) in [6, 6.07) is 0. The van der Waals surface area contributed by atoms with E-state index in [4.69, 9.17) is 4.74 Å². The van der Waals surface area contributed by atoms with E-state index in [0.717, 1.165) is 51.5 Å². The van der Waals surface area contributed by atoms with Gasteiger partial charge in [-0.2, -0.15) is 0 Å². The summed E-state index contributed by atoms with van der Waals surface area (Å²) in [6.45, 7) is 7.51. The van der Waals surface area contributed by atoms with Crippen LogP contribution in [0.3, 0.4) is 0 Å². The summed E-state index contributed by atoms with van der Waals surface area (Å²) in [6.07, 6.45) is 3.36. The molecule has 0 aromatic carbocycles. The van der Waals surface area contributed by atoms with Crippen molar-refractivity contribution in [1.29, 1.82) is 0 Å². The van der Waals surface area contributed by atoms with Crippen LogP contribution in [0.15, 0.2) is 0 Å². The maximum absolute atomic E-state index is 12.0. The number of carbonyl (C=O) groups is 1. The number of ether oxygens (including phenoxy) is 1. The number of rotatable bonds is 7. The first kappa shape index (κ1) is 15.4. The predicted octanol–water partition coefficient (Wildman–Crippen LogP) is 1.41. The van der Waals surface area contributed by atoms with Crippen LogP contribution in [0.5, 0.6) is 0 Å². The molecule has 1 unspecified atom stereocenters. The van der Waals surface area contributed by atoms with Gasteiger partial charge in [-0.3, -0.25) is 4.79 Å². The summed E-state index contributed by atoms with van der Waals surface area (Å²) < 4.78 is 5.33. The molecule has 1 heterocycles. The molecule has 1 rings (SSSR count). The molecular weight excluding hydrogens is 228 g/mol. The molecule has 0 radical (unpaired) electrons. The molecule has 0 aromatic heterocycles. The zero-order valence-corrected chi connectivity index (χ0v) is 12.0. The molecule has 1 fully saturated rings. The van der Waals surface area contributed by atoms with Gasteiger partial charge in [0.05, 0.1) is 5.92 Å². The second-order valence-corrected chi connectivity index (χ2v) is 5.54. The summed E-state index contributed by atoms with van der Waals surface area (Å²) in [5.41, 5.74) is 0. The Balaban J connectivity index is 2.21. The Kier molecular flexibility index (Phi) is 7.28. The molecule has 0 saturated carbocycles. The highest BCUT2D eigenvalue weighted by molar-refractivity contribution is 5.79. The highest BCUT2D eigenvalue weighted by atomic mass is 16.5. The standard InChI is InChI=1S/C14H28N2O2/c1-11(2)13(10-15-3)14(17)16-7-4-12-5-8-18-9-6-12/h11-13,15H,4-10H2,1-3H3,(H,16,17). The van der Waals surface area contributed by atoms with Gasteiger partial charge in [-0.25, -0.2) is 0 Å². The largest absolute Gasteiger partial charge is 0.381 e. The molecule has 0 bridgehead atoms. The summed E-state index contributed by atoms with van der Waals surface area (Å²) >= 11 is 0. The van der Waals surface area contributed by atoms with Gasteiger partial charge in [-0.05, 0) is 38.1 Å². The number of hydrogen-bond donors (Lipinski definition) is 2. The maximum atomic E-state index is 12.0. The fourth-order valence-electron chi connectivity index (χ4n) is 2.42. The Morgan fingerprint density at radius 3 is 2.56 bits per heavy atom. The van der Waals surface area contributed by atoms with Crippen molar-refractivity contribution >= 4 is 5.91 Å². The van der Waals surface area contributed by atoms with E-state index in [-0.39, 0.29) is 11.8 Å². The molecule has 4 heteroatoms. The molecule has 1 atom stereocenters. The molecule has 1 amide bonds. The van der Waals surface area contributed by atoms with Crippen LogP contribution in [0, 0.1) is 17.8 Å². The monoisotopic (exact) mass is 256 g/mol. The van der Waals surface area contributed by atoms with Crippen molar-refractivity contribution < 1.29 is 9.53 Å². The van der Waals surface area contributed by atoms with Crippen molar-refractivity contribution in [3.05, 3.63) is 0 Å². The van der Waals surface area contributed by atoms with Gasteiger partial charge < -0.3 is 15.4 Å². The molecular formula is C14H28N2O2. The van der Waals surface area contributed by atoms with Gasteiger partial charge in [0.2, 0.25) is 5.91 Å². The Hall–Kier alpha value is -0.610. The summed E-state index contributed by atoms with van der Waals surface area (Å²) in [5, 5.41) is 6.17. The van der Waals surface area contributed by atoms with Crippen LogP contribution in [-0.4, -0.2) is 39.3 Å². The molecule has 106 valence electrons. The fourth-order valence-corrected chi connectivity index (χ4v) is 2.42. The minimum Gasteiger partial charge on any atom is -0.381 e. The van der Waals surface area contributed by atoms with Crippen LogP contribution in [0.2, 0.25) is 0 Å². The Morgan fingerprint density at radius 1 is 1.33 bits per heavy atom. The van der Waals surface area contributed by atoms with E-state index in [1.54, 1.807) is 0 Å². The number of nitrogens with one attached hydrogen (secondary N) is 2. The van der Waals surface area contributed by atoms with Gasteiger partial charge in [0, 0.05) is 26.3 Å². The third-order valence-corrected chi connectivity index (χ3v) is 3.76. The van der Waals surface area contributed by atoms with Crippen molar-refractivity contribution in [1.82, 2.24) is 10.6 Å². The zero-order chi connectivity index (χ0) is 13.4. The molecule has 1 aliphatic heterocycles. The highest BCUT2D eigenvalue weighted by Gasteiger charge is 2.21. The quantitative estimate of drug-likeness (QED) is 0.724. The molecule has 4 nitrogen and oxygen atoms in total. The fraction of sp³-hybridized carbons (Fsp3) is 0.929. The highest BCUT2D eigenvalue weighted by Crippen LogP contribution is 2.17. The molecule has 1 aliphatic rings. The first-order valence-electron chi connectivity index (χ1n) is 7.15. The molecule has 0 spiro atoms. The first-order valence-corrected chi connectivity index (χ1v) is 7.15. The first-order chi connectivity index (χ1) is 8.65. The molecule has 0 aliphatic carbocycles. The van der Waals surface area contributed by atoms with Gasteiger partial charge in [-0.1, -0.05) is 13.8 Å². The lowest BCUT2D eigenvalue weighted by Crippen LogP contribution is -2.39. The Morgan fingerprint density at radius 2 is 2.00 bits per heavy atom. The zero-order valence-electron chi connectivity index (χ0n) is 12.0. The number of hydrogen-bond acceptors (Lipinski definition) is 3. The normalized spacial score (nSPS) is 18.9. The van der Waals surface area contributed by atoms with Crippen LogP contribution in [-0.2, 0) is 9.53 Å². The second kappa shape index (κ2) is 8.48. The number of amides is 1. The minimum atomic E-state index is 0.0738. The van der Waals surface area contributed by atoms with E-state index in [9.17, 15) is 4.79 Å².